The lowest BCUT2D eigenvalue weighted by Gasteiger charge is -2.38. The summed E-state index contributed by atoms with van der Waals surface area (Å²) in [5, 5.41) is 9.00. The number of hydrogen-bond donors (Lipinski definition) is 1. The van der Waals surface area contributed by atoms with Gasteiger partial charge in [0.1, 0.15) is 0 Å². The quantitative estimate of drug-likeness (QED) is 0.787. The largest absolute Gasteiger partial charge is 0.381 e. The van der Waals surface area contributed by atoms with E-state index >= 15 is 0 Å². The van der Waals surface area contributed by atoms with E-state index < -0.39 is 0 Å². The van der Waals surface area contributed by atoms with Crippen LogP contribution in [0.1, 0.15) is 20.3 Å². The van der Waals surface area contributed by atoms with Gasteiger partial charge in [0.05, 0.1) is 18.5 Å². The molecule has 4 rings (SSSR count). The molecule has 1 aliphatic rings. The van der Waals surface area contributed by atoms with E-state index in [0.29, 0.717) is 5.92 Å². The fourth-order valence-corrected chi connectivity index (χ4v) is 3.87. The molecule has 0 bridgehead atoms. The summed E-state index contributed by atoms with van der Waals surface area (Å²) in [4.78, 5) is 9.68. The van der Waals surface area contributed by atoms with E-state index in [1.165, 1.54) is 0 Å². The molecule has 7 heteroatoms. The average Bonchev–Trinajstić information content (AvgIpc) is 3.13. The zero-order chi connectivity index (χ0) is 16.6. The van der Waals surface area contributed by atoms with Crippen LogP contribution in [0.2, 0.25) is 0 Å². The van der Waals surface area contributed by atoms with Gasteiger partial charge in [0.25, 0.3) is 0 Å². The molecule has 4 heterocycles. The summed E-state index contributed by atoms with van der Waals surface area (Å²) in [5.41, 5.74) is 2.11. The maximum atomic E-state index is 5.60. The normalized spacial score (nSPS) is 20.3. The van der Waals surface area contributed by atoms with Crippen molar-refractivity contribution in [2.75, 3.05) is 25.1 Å². The summed E-state index contributed by atoms with van der Waals surface area (Å²) in [6.45, 7) is 7.14. The second kappa shape index (κ2) is 6.14. The number of fused-ring (bicyclic) bond motifs is 1. The van der Waals surface area contributed by atoms with Gasteiger partial charge in [-0.15, -0.1) is 5.10 Å². The van der Waals surface area contributed by atoms with Gasteiger partial charge >= 0.3 is 0 Å². The molecule has 6 nitrogen and oxygen atoms in total. The molecule has 0 saturated carbocycles. The monoisotopic (exact) mass is 343 g/mol. The molecule has 126 valence electrons. The van der Waals surface area contributed by atoms with Crippen LogP contribution in [0.5, 0.6) is 0 Å². The van der Waals surface area contributed by atoms with Crippen LogP contribution in [0.3, 0.4) is 0 Å². The summed E-state index contributed by atoms with van der Waals surface area (Å²) >= 11 is 1.58. The number of nitrogens with zero attached hydrogens (tertiary/aromatic N) is 4. The van der Waals surface area contributed by atoms with Gasteiger partial charge in [-0.2, -0.15) is 0 Å². The van der Waals surface area contributed by atoms with Crippen LogP contribution in [-0.2, 0) is 4.74 Å². The lowest BCUT2D eigenvalue weighted by atomic mass is 9.76. The van der Waals surface area contributed by atoms with Crippen LogP contribution in [0.25, 0.3) is 16.2 Å². The number of rotatable bonds is 4. The molecule has 1 atom stereocenters. The lowest BCUT2D eigenvalue weighted by Crippen LogP contribution is -2.38. The Morgan fingerprint density at radius 1 is 1.46 bits per heavy atom. The second-order valence-corrected chi connectivity index (χ2v) is 7.87. The van der Waals surface area contributed by atoms with Crippen molar-refractivity contribution in [3.05, 3.63) is 30.7 Å². The van der Waals surface area contributed by atoms with Gasteiger partial charge in [0.2, 0.25) is 10.1 Å². The van der Waals surface area contributed by atoms with Gasteiger partial charge in [0, 0.05) is 31.1 Å². The number of ether oxygens (including phenoxy) is 1. The van der Waals surface area contributed by atoms with Crippen molar-refractivity contribution in [1.82, 2.24) is 19.6 Å². The van der Waals surface area contributed by atoms with Crippen molar-refractivity contribution in [1.29, 1.82) is 0 Å². The Morgan fingerprint density at radius 3 is 3.12 bits per heavy atom. The Hall–Kier alpha value is -1.99. The fourth-order valence-electron chi connectivity index (χ4n) is 3.08. The Bertz CT molecular complexity index is 794. The summed E-state index contributed by atoms with van der Waals surface area (Å²) in [6.07, 6.45) is 6.62. The Kier molecular flexibility index (Phi) is 3.97. The highest BCUT2D eigenvalue weighted by atomic mass is 32.1. The topological polar surface area (TPSA) is 64.3 Å². The first-order chi connectivity index (χ1) is 11.6. The molecule has 1 fully saturated rings. The molecule has 1 aliphatic heterocycles. The van der Waals surface area contributed by atoms with Gasteiger partial charge < -0.3 is 10.1 Å². The molecule has 0 spiro atoms. The van der Waals surface area contributed by atoms with Crippen LogP contribution in [0.4, 0.5) is 5.13 Å². The van der Waals surface area contributed by atoms with Crippen LogP contribution in [0.15, 0.2) is 30.7 Å². The number of nitrogens with one attached hydrogen (secondary N) is 1. The van der Waals surface area contributed by atoms with Gasteiger partial charge in [-0.3, -0.25) is 4.98 Å². The molecule has 1 saturated heterocycles. The molecule has 0 aliphatic carbocycles. The van der Waals surface area contributed by atoms with Crippen LogP contribution in [0, 0.1) is 11.3 Å². The van der Waals surface area contributed by atoms with Gasteiger partial charge in [-0.1, -0.05) is 25.2 Å². The van der Waals surface area contributed by atoms with Crippen LogP contribution < -0.4 is 5.32 Å². The number of imidazole rings is 1. The first kappa shape index (κ1) is 15.5. The van der Waals surface area contributed by atoms with Crippen molar-refractivity contribution < 1.29 is 4.74 Å². The molecule has 1 unspecified atom stereocenters. The molecule has 3 aromatic rings. The van der Waals surface area contributed by atoms with Crippen molar-refractivity contribution in [3.63, 3.8) is 0 Å². The predicted molar refractivity (Wildman–Crippen MR) is 95.3 cm³/mol. The van der Waals surface area contributed by atoms with Crippen molar-refractivity contribution in [2.24, 2.45) is 11.3 Å². The molecule has 0 aromatic carbocycles. The maximum absolute atomic E-state index is 5.60. The summed E-state index contributed by atoms with van der Waals surface area (Å²) in [7, 11) is 0. The molecule has 24 heavy (non-hydrogen) atoms. The van der Waals surface area contributed by atoms with E-state index in [1.807, 2.05) is 29.0 Å². The standard InChI is InChI=1S/C17H21N5OS/c1-17(2)11-23-7-5-13(17)9-19-15-21-22-10-14(20-16(22)24-15)12-4-3-6-18-8-12/h3-4,6,8,10,13H,5,7,9,11H2,1-2H3,(H,19,21). The molecule has 1 N–H and O–H groups in total. The third-order valence-electron chi connectivity index (χ3n) is 4.69. The summed E-state index contributed by atoms with van der Waals surface area (Å²) in [6, 6.07) is 3.92. The van der Waals surface area contributed by atoms with Crippen molar-refractivity contribution >= 4 is 21.4 Å². The van der Waals surface area contributed by atoms with E-state index in [2.05, 4.69) is 34.2 Å². The molecule has 0 radical (unpaired) electrons. The Morgan fingerprint density at radius 2 is 2.38 bits per heavy atom. The lowest BCUT2D eigenvalue weighted by molar-refractivity contribution is -0.0266. The van der Waals surface area contributed by atoms with Crippen LogP contribution in [-0.4, -0.2) is 39.3 Å². The number of pyridine rings is 1. The van der Waals surface area contributed by atoms with Gasteiger partial charge in [-0.25, -0.2) is 9.50 Å². The highest BCUT2D eigenvalue weighted by molar-refractivity contribution is 7.20. The third-order valence-corrected chi connectivity index (χ3v) is 5.57. The molecular weight excluding hydrogens is 322 g/mol. The average molecular weight is 343 g/mol. The number of aromatic nitrogens is 4. The Labute approximate surface area is 144 Å². The van der Waals surface area contributed by atoms with E-state index in [4.69, 9.17) is 4.74 Å². The number of anilines is 1. The van der Waals surface area contributed by atoms with E-state index in [-0.39, 0.29) is 5.41 Å². The third kappa shape index (κ3) is 3.01. The minimum Gasteiger partial charge on any atom is -0.381 e. The zero-order valence-corrected chi connectivity index (χ0v) is 14.7. The smallest absolute Gasteiger partial charge is 0.214 e. The van der Waals surface area contributed by atoms with Gasteiger partial charge in [-0.05, 0) is 29.9 Å². The molecule has 0 amide bonds. The first-order valence-corrected chi connectivity index (χ1v) is 9.02. The van der Waals surface area contributed by atoms with E-state index in [1.54, 1.807) is 17.5 Å². The highest BCUT2D eigenvalue weighted by Gasteiger charge is 2.32. The Balaban J connectivity index is 1.47. The maximum Gasteiger partial charge on any atom is 0.214 e. The SMILES string of the molecule is CC1(C)COCCC1CNc1nn2cc(-c3cccnc3)nc2s1. The fraction of sp³-hybridized carbons (Fsp3) is 0.471. The summed E-state index contributed by atoms with van der Waals surface area (Å²) in [5.74, 6) is 0.591. The minimum absolute atomic E-state index is 0.205. The zero-order valence-electron chi connectivity index (χ0n) is 13.9. The molecular formula is C17H21N5OS. The van der Waals surface area contributed by atoms with E-state index in [9.17, 15) is 0 Å². The molecule has 3 aromatic heterocycles. The second-order valence-electron chi connectivity index (χ2n) is 6.91. The van der Waals surface area contributed by atoms with Gasteiger partial charge in [0.15, 0.2) is 0 Å². The number of hydrogen-bond acceptors (Lipinski definition) is 6. The first-order valence-electron chi connectivity index (χ1n) is 8.20. The predicted octanol–water partition coefficient (Wildman–Crippen LogP) is 3.33. The van der Waals surface area contributed by atoms with Crippen molar-refractivity contribution in [3.8, 4) is 11.3 Å². The van der Waals surface area contributed by atoms with Crippen LogP contribution >= 0.6 is 11.3 Å². The van der Waals surface area contributed by atoms with Crippen molar-refractivity contribution in [2.45, 2.75) is 20.3 Å². The summed E-state index contributed by atoms with van der Waals surface area (Å²) < 4.78 is 7.44. The highest BCUT2D eigenvalue weighted by Crippen LogP contribution is 2.34. The minimum atomic E-state index is 0.205. The van der Waals surface area contributed by atoms with E-state index in [0.717, 1.165) is 47.5 Å².